The lowest BCUT2D eigenvalue weighted by molar-refractivity contribution is 0.0920. The first-order chi connectivity index (χ1) is 8.50. The molecule has 1 aliphatic rings. The van der Waals surface area contributed by atoms with Crippen molar-refractivity contribution in [2.24, 2.45) is 5.73 Å². The molecule has 2 unspecified atom stereocenters. The Kier molecular flexibility index (Phi) is 3.97. The van der Waals surface area contributed by atoms with Gasteiger partial charge in [-0.05, 0) is 51.4 Å². The van der Waals surface area contributed by atoms with E-state index >= 15 is 0 Å². The quantitative estimate of drug-likeness (QED) is 0.879. The topological polar surface area (TPSA) is 29.3 Å². The van der Waals surface area contributed by atoms with Crippen molar-refractivity contribution in [2.45, 2.75) is 44.8 Å². The highest BCUT2D eigenvalue weighted by atomic mass is 19.1. The van der Waals surface area contributed by atoms with Gasteiger partial charge < -0.3 is 5.73 Å². The standard InChI is InChI=1S/C14H20F2N2/c1-9(2)18-7-3-4-13(17)14(18)11-8-10(15)5-6-12(11)16/h5-6,8-9,13-14H,3-4,7,17H2,1-2H3. The summed E-state index contributed by atoms with van der Waals surface area (Å²) in [5.41, 5.74) is 6.51. The molecule has 2 N–H and O–H groups in total. The Morgan fingerprint density at radius 1 is 1.33 bits per heavy atom. The van der Waals surface area contributed by atoms with Gasteiger partial charge >= 0.3 is 0 Å². The Balaban J connectivity index is 2.40. The van der Waals surface area contributed by atoms with Crippen molar-refractivity contribution in [1.29, 1.82) is 0 Å². The van der Waals surface area contributed by atoms with Crippen molar-refractivity contribution in [2.75, 3.05) is 6.54 Å². The van der Waals surface area contributed by atoms with E-state index < -0.39 is 5.82 Å². The van der Waals surface area contributed by atoms with Gasteiger partial charge in [0.2, 0.25) is 0 Å². The molecule has 1 saturated heterocycles. The molecule has 2 nitrogen and oxygen atoms in total. The minimum absolute atomic E-state index is 0.141. The fraction of sp³-hybridized carbons (Fsp3) is 0.571. The second kappa shape index (κ2) is 5.33. The van der Waals surface area contributed by atoms with Crippen molar-refractivity contribution in [1.82, 2.24) is 4.90 Å². The van der Waals surface area contributed by atoms with Gasteiger partial charge in [-0.25, -0.2) is 8.78 Å². The highest BCUT2D eigenvalue weighted by Gasteiger charge is 2.33. The van der Waals surface area contributed by atoms with Crippen LogP contribution in [-0.2, 0) is 0 Å². The van der Waals surface area contributed by atoms with Gasteiger partial charge in [0.1, 0.15) is 11.6 Å². The van der Waals surface area contributed by atoms with Crippen LogP contribution in [0.4, 0.5) is 8.78 Å². The lowest BCUT2D eigenvalue weighted by atomic mass is 9.89. The summed E-state index contributed by atoms with van der Waals surface area (Å²) >= 11 is 0. The fourth-order valence-corrected chi connectivity index (χ4v) is 2.78. The summed E-state index contributed by atoms with van der Waals surface area (Å²) < 4.78 is 27.2. The first-order valence-electron chi connectivity index (χ1n) is 6.47. The highest BCUT2D eigenvalue weighted by molar-refractivity contribution is 5.24. The van der Waals surface area contributed by atoms with Crippen molar-refractivity contribution >= 4 is 0 Å². The van der Waals surface area contributed by atoms with Crippen molar-refractivity contribution in [3.63, 3.8) is 0 Å². The van der Waals surface area contributed by atoms with E-state index in [4.69, 9.17) is 5.73 Å². The summed E-state index contributed by atoms with van der Waals surface area (Å²) in [6.07, 6.45) is 1.86. The lowest BCUT2D eigenvalue weighted by Crippen LogP contribution is -2.48. The van der Waals surface area contributed by atoms with E-state index in [-0.39, 0.29) is 23.9 Å². The second-order valence-electron chi connectivity index (χ2n) is 5.25. The number of likely N-dealkylation sites (tertiary alicyclic amines) is 1. The van der Waals surface area contributed by atoms with Crippen LogP contribution in [0.25, 0.3) is 0 Å². The van der Waals surface area contributed by atoms with E-state index in [0.717, 1.165) is 25.5 Å². The Labute approximate surface area is 107 Å². The van der Waals surface area contributed by atoms with Crippen molar-refractivity contribution < 1.29 is 8.78 Å². The SMILES string of the molecule is CC(C)N1CCCC(N)C1c1cc(F)ccc1F. The second-order valence-corrected chi connectivity index (χ2v) is 5.25. The van der Waals surface area contributed by atoms with Gasteiger partial charge in [-0.3, -0.25) is 4.90 Å². The molecule has 0 amide bonds. The monoisotopic (exact) mass is 254 g/mol. The zero-order valence-corrected chi connectivity index (χ0v) is 10.9. The number of hydrogen-bond donors (Lipinski definition) is 1. The van der Waals surface area contributed by atoms with Gasteiger partial charge in [0.15, 0.2) is 0 Å². The smallest absolute Gasteiger partial charge is 0.128 e. The van der Waals surface area contributed by atoms with Crippen LogP contribution in [0.3, 0.4) is 0 Å². The summed E-state index contributed by atoms with van der Waals surface area (Å²) in [5.74, 6) is -0.780. The third-order valence-corrected chi connectivity index (χ3v) is 3.66. The molecule has 0 saturated carbocycles. The van der Waals surface area contributed by atoms with Gasteiger partial charge in [0.25, 0.3) is 0 Å². The molecule has 18 heavy (non-hydrogen) atoms. The van der Waals surface area contributed by atoms with Crippen LogP contribution in [0, 0.1) is 11.6 Å². The summed E-state index contributed by atoms with van der Waals surface area (Å²) in [6, 6.07) is 3.51. The first kappa shape index (κ1) is 13.4. The Hall–Kier alpha value is -1.00. The van der Waals surface area contributed by atoms with Crippen LogP contribution in [0.2, 0.25) is 0 Å². The van der Waals surface area contributed by atoms with Crippen molar-refractivity contribution in [3.8, 4) is 0 Å². The predicted octanol–water partition coefficient (Wildman–Crippen LogP) is 2.84. The van der Waals surface area contributed by atoms with Crippen molar-refractivity contribution in [3.05, 3.63) is 35.4 Å². The number of hydrogen-bond acceptors (Lipinski definition) is 2. The molecule has 0 spiro atoms. The molecule has 2 rings (SSSR count). The zero-order chi connectivity index (χ0) is 13.3. The Morgan fingerprint density at radius 2 is 2.06 bits per heavy atom. The molecule has 0 aliphatic carbocycles. The summed E-state index contributed by atoms with van der Waals surface area (Å²) in [4.78, 5) is 2.16. The molecule has 0 aromatic heterocycles. The van der Waals surface area contributed by atoms with E-state index in [2.05, 4.69) is 18.7 Å². The average molecular weight is 254 g/mol. The summed E-state index contributed by atoms with van der Waals surface area (Å²) in [6.45, 7) is 5.00. The van der Waals surface area contributed by atoms with Crippen LogP contribution in [0.1, 0.15) is 38.3 Å². The minimum atomic E-state index is -0.409. The molecule has 1 aliphatic heterocycles. The van der Waals surface area contributed by atoms with Crippen LogP contribution in [0.5, 0.6) is 0 Å². The number of halogens is 2. The number of nitrogens with two attached hydrogens (primary N) is 1. The first-order valence-corrected chi connectivity index (χ1v) is 6.47. The predicted molar refractivity (Wildman–Crippen MR) is 68.2 cm³/mol. The molecule has 1 aromatic carbocycles. The number of rotatable bonds is 2. The van der Waals surface area contributed by atoms with Crippen LogP contribution in [0.15, 0.2) is 18.2 Å². The van der Waals surface area contributed by atoms with E-state index in [1.54, 1.807) is 0 Å². The minimum Gasteiger partial charge on any atom is -0.326 e. The maximum absolute atomic E-state index is 13.9. The summed E-state index contributed by atoms with van der Waals surface area (Å²) in [5, 5.41) is 0. The summed E-state index contributed by atoms with van der Waals surface area (Å²) in [7, 11) is 0. The van der Waals surface area contributed by atoms with E-state index in [9.17, 15) is 8.78 Å². The maximum Gasteiger partial charge on any atom is 0.128 e. The molecule has 1 aromatic rings. The maximum atomic E-state index is 13.9. The molecular formula is C14H20F2N2. The van der Waals surface area contributed by atoms with Crippen LogP contribution >= 0.6 is 0 Å². The van der Waals surface area contributed by atoms with Gasteiger partial charge in [-0.15, -0.1) is 0 Å². The number of nitrogens with zero attached hydrogens (tertiary/aromatic N) is 1. The van der Waals surface area contributed by atoms with Crippen LogP contribution < -0.4 is 5.73 Å². The third-order valence-electron chi connectivity index (χ3n) is 3.66. The van der Waals surface area contributed by atoms with E-state index in [0.29, 0.717) is 5.56 Å². The highest BCUT2D eigenvalue weighted by Crippen LogP contribution is 2.33. The zero-order valence-electron chi connectivity index (χ0n) is 10.9. The lowest BCUT2D eigenvalue weighted by Gasteiger charge is -2.42. The van der Waals surface area contributed by atoms with Gasteiger partial charge in [0, 0.05) is 17.6 Å². The Bertz CT molecular complexity index is 420. The number of piperidine rings is 1. The Morgan fingerprint density at radius 3 is 2.72 bits per heavy atom. The molecule has 1 fully saturated rings. The van der Waals surface area contributed by atoms with Gasteiger partial charge in [-0.2, -0.15) is 0 Å². The molecule has 100 valence electrons. The van der Waals surface area contributed by atoms with E-state index in [1.807, 2.05) is 0 Å². The van der Waals surface area contributed by atoms with Gasteiger partial charge in [-0.1, -0.05) is 0 Å². The largest absolute Gasteiger partial charge is 0.326 e. The molecule has 0 bridgehead atoms. The fourth-order valence-electron chi connectivity index (χ4n) is 2.78. The molecule has 1 heterocycles. The molecule has 0 radical (unpaired) electrons. The number of benzene rings is 1. The average Bonchev–Trinajstić information content (AvgIpc) is 2.32. The third kappa shape index (κ3) is 2.54. The normalized spacial score (nSPS) is 25.7. The molecule has 2 atom stereocenters. The molecular weight excluding hydrogens is 234 g/mol. The molecule has 4 heteroatoms. The van der Waals surface area contributed by atoms with Crippen LogP contribution in [-0.4, -0.2) is 23.5 Å². The van der Waals surface area contributed by atoms with Gasteiger partial charge in [0.05, 0.1) is 6.04 Å². The van der Waals surface area contributed by atoms with E-state index in [1.165, 1.54) is 12.1 Å².